The lowest BCUT2D eigenvalue weighted by atomic mass is 10.2. The molecule has 0 aromatic carbocycles. The van der Waals surface area contributed by atoms with Gasteiger partial charge >= 0.3 is 0 Å². The van der Waals surface area contributed by atoms with Gasteiger partial charge in [-0.15, -0.1) is 11.6 Å². The molecule has 1 aliphatic rings. The highest BCUT2D eigenvalue weighted by Crippen LogP contribution is 2.18. The van der Waals surface area contributed by atoms with Crippen molar-refractivity contribution in [3.8, 4) is 0 Å². The van der Waals surface area contributed by atoms with Crippen molar-refractivity contribution in [1.82, 2.24) is 9.88 Å². The predicted octanol–water partition coefficient (Wildman–Crippen LogP) is 2.60. The Hall–Kier alpha value is -0.800. The average molecular weight is 268 g/mol. The van der Waals surface area contributed by atoms with E-state index in [1.54, 1.807) is 0 Å². The lowest BCUT2D eigenvalue weighted by molar-refractivity contribution is 0.231. The van der Waals surface area contributed by atoms with Gasteiger partial charge in [-0.1, -0.05) is 13.8 Å². The van der Waals surface area contributed by atoms with E-state index in [0.717, 1.165) is 37.8 Å². The van der Waals surface area contributed by atoms with Gasteiger partial charge in [-0.05, 0) is 18.1 Å². The van der Waals surface area contributed by atoms with Crippen LogP contribution in [0.5, 0.6) is 0 Å². The number of aromatic nitrogens is 1. The van der Waals surface area contributed by atoms with Gasteiger partial charge in [0.05, 0.1) is 11.6 Å². The monoisotopic (exact) mass is 267 g/mol. The van der Waals surface area contributed by atoms with Crippen LogP contribution < -0.4 is 4.90 Å². The van der Waals surface area contributed by atoms with E-state index >= 15 is 0 Å². The number of nitrogens with zero attached hydrogens (tertiary/aromatic N) is 3. The fraction of sp³-hybridized carbons (Fsp3) is 0.643. The maximum atomic E-state index is 5.83. The zero-order valence-electron chi connectivity index (χ0n) is 11.3. The van der Waals surface area contributed by atoms with Gasteiger partial charge in [0.1, 0.15) is 0 Å². The van der Waals surface area contributed by atoms with E-state index in [-0.39, 0.29) is 0 Å². The Kier molecular flexibility index (Phi) is 4.84. The first-order chi connectivity index (χ1) is 8.69. The third kappa shape index (κ3) is 3.59. The number of rotatable bonds is 4. The van der Waals surface area contributed by atoms with Crippen molar-refractivity contribution in [2.45, 2.75) is 19.7 Å². The summed E-state index contributed by atoms with van der Waals surface area (Å²) in [4.78, 5) is 9.21. The summed E-state index contributed by atoms with van der Waals surface area (Å²) < 4.78 is 0. The number of hydrogen-bond donors (Lipinski definition) is 0. The molecule has 0 N–H and O–H groups in total. The molecule has 0 amide bonds. The van der Waals surface area contributed by atoms with Crippen molar-refractivity contribution in [3.63, 3.8) is 0 Å². The smallest absolute Gasteiger partial charge is 0.0648 e. The van der Waals surface area contributed by atoms with E-state index in [9.17, 15) is 0 Å². The van der Waals surface area contributed by atoms with Crippen molar-refractivity contribution in [1.29, 1.82) is 0 Å². The van der Waals surface area contributed by atoms with Gasteiger partial charge in [0.2, 0.25) is 0 Å². The first-order valence-electron chi connectivity index (χ1n) is 6.67. The first-order valence-corrected chi connectivity index (χ1v) is 7.20. The molecular weight excluding hydrogens is 246 g/mol. The molecule has 2 rings (SSSR count). The molecule has 0 spiro atoms. The van der Waals surface area contributed by atoms with Crippen LogP contribution in [0.25, 0.3) is 0 Å². The number of halogens is 1. The van der Waals surface area contributed by atoms with Gasteiger partial charge in [0, 0.05) is 44.6 Å². The van der Waals surface area contributed by atoms with Gasteiger partial charge in [-0.25, -0.2) is 0 Å². The Morgan fingerprint density at radius 2 is 2.00 bits per heavy atom. The summed E-state index contributed by atoms with van der Waals surface area (Å²) >= 11 is 5.83. The van der Waals surface area contributed by atoms with Crippen LogP contribution in [0.1, 0.15) is 19.5 Å². The Bertz CT molecular complexity index is 373. The zero-order valence-corrected chi connectivity index (χ0v) is 12.0. The van der Waals surface area contributed by atoms with Crippen LogP contribution in [0.4, 0.5) is 5.69 Å². The molecule has 0 bridgehead atoms. The highest BCUT2D eigenvalue weighted by Gasteiger charge is 2.17. The standard InChI is InChI=1S/C14H22ClN3/c1-12(2)11-17-5-7-18(8-6-17)14-3-4-16-13(9-14)10-15/h3-4,9,12H,5-8,10-11H2,1-2H3. The molecule has 1 saturated heterocycles. The van der Waals surface area contributed by atoms with E-state index in [2.05, 4.69) is 40.8 Å². The Balaban J connectivity index is 1.92. The van der Waals surface area contributed by atoms with Crippen LogP contribution in [0, 0.1) is 5.92 Å². The SMILES string of the molecule is CC(C)CN1CCN(c2ccnc(CCl)c2)CC1. The summed E-state index contributed by atoms with van der Waals surface area (Å²) in [7, 11) is 0. The molecule has 0 atom stereocenters. The van der Waals surface area contributed by atoms with E-state index < -0.39 is 0 Å². The zero-order chi connectivity index (χ0) is 13.0. The second-order valence-electron chi connectivity index (χ2n) is 5.32. The first kappa shape index (κ1) is 13.6. The average Bonchev–Trinajstić information content (AvgIpc) is 2.39. The molecule has 0 saturated carbocycles. The summed E-state index contributed by atoms with van der Waals surface area (Å²) in [5.41, 5.74) is 2.21. The predicted molar refractivity (Wildman–Crippen MR) is 77.3 cm³/mol. The van der Waals surface area contributed by atoms with Gasteiger partial charge in [-0.3, -0.25) is 9.88 Å². The highest BCUT2D eigenvalue weighted by atomic mass is 35.5. The Morgan fingerprint density at radius 3 is 2.61 bits per heavy atom. The molecule has 3 nitrogen and oxygen atoms in total. The quantitative estimate of drug-likeness (QED) is 0.782. The number of anilines is 1. The highest BCUT2D eigenvalue weighted by molar-refractivity contribution is 6.16. The van der Waals surface area contributed by atoms with Crippen molar-refractivity contribution in [2.75, 3.05) is 37.6 Å². The largest absolute Gasteiger partial charge is 0.369 e. The van der Waals surface area contributed by atoms with Crippen molar-refractivity contribution in [3.05, 3.63) is 24.0 Å². The minimum atomic E-state index is 0.487. The molecular formula is C14H22ClN3. The number of piperazine rings is 1. The lowest BCUT2D eigenvalue weighted by Crippen LogP contribution is -2.47. The maximum absolute atomic E-state index is 5.83. The summed E-state index contributed by atoms with van der Waals surface area (Å²) in [6.07, 6.45) is 1.85. The molecule has 0 radical (unpaired) electrons. The summed E-state index contributed by atoms with van der Waals surface area (Å²) in [5, 5.41) is 0. The summed E-state index contributed by atoms with van der Waals surface area (Å²) in [6, 6.07) is 4.18. The molecule has 1 fully saturated rings. The van der Waals surface area contributed by atoms with Crippen LogP contribution >= 0.6 is 11.6 Å². The van der Waals surface area contributed by atoms with Crippen molar-refractivity contribution in [2.24, 2.45) is 5.92 Å². The normalized spacial score (nSPS) is 17.4. The Morgan fingerprint density at radius 1 is 1.28 bits per heavy atom. The molecule has 100 valence electrons. The molecule has 0 unspecified atom stereocenters. The van der Waals surface area contributed by atoms with Gasteiger partial charge in [0.25, 0.3) is 0 Å². The number of hydrogen-bond acceptors (Lipinski definition) is 3. The number of alkyl halides is 1. The molecule has 4 heteroatoms. The topological polar surface area (TPSA) is 19.4 Å². The third-order valence-electron chi connectivity index (χ3n) is 3.30. The van der Waals surface area contributed by atoms with Gasteiger partial charge in [0.15, 0.2) is 0 Å². The molecule has 1 aromatic heterocycles. The van der Waals surface area contributed by atoms with E-state index in [4.69, 9.17) is 11.6 Å². The summed E-state index contributed by atoms with van der Waals surface area (Å²) in [5.74, 6) is 1.24. The van der Waals surface area contributed by atoms with Crippen LogP contribution in [0.15, 0.2) is 18.3 Å². The minimum absolute atomic E-state index is 0.487. The molecule has 1 aliphatic heterocycles. The molecule has 18 heavy (non-hydrogen) atoms. The van der Waals surface area contributed by atoms with E-state index in [1.165, 1.54) is 12.2 Å². The molecule has 0 aliphatic carbocycles. The lowest BCUT2D eigenvalue weighted by Gasteiger charge is -2.36. The van der Waals surface area contributed by atoms with Crippen LogP contribution in [-0.4, -0.2) is 42.6 Å². The molecule has 2 heterocycles. The Labute approximate surface area is 115 Å². The van der Waals surface area contributed by atoms with Gasteiger partial charge < -0.3 is 4.90 Å². The van der Waals surface area contributed by atoms with Crippen LogP contribution in [-0.2, 0) is 5.88 Å². The molecule has 1 aromatic rings. The fourth-order valence-corrected chi connectivity index (χ4v) is 2.59. The maximum Gasteiger partial charge on any atom is 0.0648 e. The van der Waals surface area contributed by atoms with Crippen molar-refractivity contribution >= 4 is 17.3 Å². The number of pyridine rings is 1. The third-order valence-corrected chi connectivity index (χ3v) is 3.57. The second kappa shape index (κ2) is 6.39. The minimum Gasteiger partial charge on any atom is -0.369 e. The summed E-state index contributed by atoms with van der Waals surface area (Å²) in [6.45, 7) is 10.3. The van der Waals surface area contributed by atoms with Crippen molar-refractivity contribution < 1.29 is 0 Å². The van der Waals surface area contributed by atoms with E-state index in [0.29, 0.717) is 5.88 Å². The van der Waals surface area contributed by atoms with Crippen LogP contribution in [0.3, 0.4) is 0 Å². The van der Waals surface area contributed by atoms with Crippen LogP contribution in [0.2, 0.25) is 0 Å². The van der Waals surface area contributed by atoms with Gasteiger partial charge in [-0.2, -0.15) is 0 Å². The second-order valence-corrected chi connectivity index (χ2v) is 5.59. The van der Waals surface area contributed by atoms with E-state index in [1.807, 2.05) is 6.20 Å². The fourth-order valence-electron chi connectivity index (χ4n) is 2.44.